The highest BCUT2D eigenvalue weighted by atomic mass is 32.1. The number of amides is 2. The number of carboxylic acids is 1. The maximum atomic E-state index is 12.2. The molecule has 0 aliphatic carbocycles. The van der Waals surface area contributed by atoms with E-state index in [0.717, 1.165) is 0 Å². The Morgan fingerprint density at radius 3 is 1.92 bits per heavy atom. The van der Waals surface area contributed by atoms with E-state index in [0.29, 0.717) is 0 Å². The molecule has 0 aliphatic rings. The monoisotopic (exact) mass is 364 g/mol. The SMILES string of the molecule is CC(C)(C)OC[C@H](NC(=O)[C@H](CS)NC(=O)OC(C)(C)C)C(=O)O. The second-order valence-corrected chi connectivity index (χ2v) is 7.57. The van der Waals surface area contributed by atoms with Crippen LogP contribution in [0.25, 0.3) is 0 Å². The van der Waals surface area contributed by atoms with Crippen LogP contribution in [0.1, 0.15) is 41.5 Å². The molecule has 0 aromatic heterocycles. The zero-order valence-corrected chi connectivity index (χ0v) is 15.9. The van der Waals surface area contributed by atoms with Gasteiger partial charge in [0, 0.05) is 5.75 Å². The van der Waals surface area contributed by atoms with Crippen LogP contribution >= 0.6 is 12.6 Å². The van der Waals surface area contributed by atoms with Crippen molar-refractivity contribution in [2.24, 2.45) is 0 Å². The lowest BCUT2D eigenvalue weighted by molar-refractivity contribution is -0.145. The van der Waals surface area contributed by atoms with Crippen LogP contribution < -0.4 is 10.6 Å². The van der Waals surface area contributed by atoms with Crippen LogP contribution in [0, 0.1) is 0 Å². The second kappa shape index (κ2) is 9.12. The topological polar surface area (TPSA) is 114 Å². The summed E-state index contributed by atoms with van der Waals surface area (Å²) < 4.78 is 10.4. The van der Waals surface area contributed by atoms with Gasteiger partial charge in [0.2, 0.25) is 5.91 Å². The Morgan fingerprint density at radius 1 is 1.00 bits per heavy atom. The quantitative estimate of drug-likeness (QED) is 0.505. The number of thiol groups is 1. The summed E-state index contributed by atoms with van der Waals surface area (Å²) in [5, 5.41) is 13.9. The first-order valence-electron chi connectivity index (χ1n) is 7.52. The number of hydrogen-bond donors (Lipinski definition) is 4. The van der Waals surface area contributed by atoms with Crippen molar-refractivity contribution >= 4 is 30.6 Å². The Labute approximate surface area is 148 Å². The van der Waals surface area contributed by atoms with Gasteiger partial charge in [0.15, 0.2) is 6.04 Å². The van der Waals surface area contributed by atoms with Gasteiger partial charge < -0.3 is 25.2 Å². The Balaban J connectivity index is 4.75. The van der Waals surface area contributed by atoms with Crippen molar-refractivity contribution in [1.82, 2.24) is 10.6 Å². The van der Waals surface area contributed by atoms with Crippen molar-refractivity contribution in [3.8, 4) is 0 Å². The molecule has 3 N–H and O–H groups in total. The van der Waals surface area contributed by atoms with Crippen molar-refractivity contribution in [2.75, 3.05) is 12.4 Å². The lowest BCUT2D eigenvalue weighted by Crippen LogP contribution is -2.54. The summed E-state index contributed by atoms with van der Waals surface area (Å²) in [5.74, 6) is -1.93. The average molecular weight is 364 g/mol. The summed E-state index contributed by atoms with van der Waals surface area (Å²) in [4.78, 5) is 35.1. The van der Waals surface area contributed by atoms with E-state index in [1.807, 2.05) is 0 Å². The van der Waals surface area contributed by atoms with E-state index in [-0.39, 0.29) is 12.4 Å². The summed E-state index contributed by atoms with van der Waals surface area (Å²) >= 11 is 4.00. The van der Waals surface area contributed by atoms with Crippen LogP contribution in [0.15, 0.2) is 0 Å². The highest BCUT2D eigenvalue weighted by Gasteiger charge is 2.28. The Hall–Kier alpha value is -1.48. The standard InChI is InChI=1S/C15H28N2O6S/c1-14(2,3)22-7-9(12(19)20)16-11(18)10(8-24)17-13(21)23-15(4,5)6/h9-10,24H,7-8H2,1-6H3,(H,16,18)(H,17,21)(H,19,20)/t9-,10-/m0/s1. The predicted octanol–water partition coefficient (Wildman–Crippen LogP) is 1.19. The molecule has 0 aromatic rings. The molecule has 0 aromatic carbocycles. The minimum Gasteiger partial charge on any atom is -0.480 e. The van der Waals surface area contributed by atoms with Gasteiger partial charge in [0.25, 0.3) is 0 Å². The van der Waals surface area contributed by atoms with E-state index >= 15 is 0 Å². The van der Waals surface area contributed by atoms with Gasteiger partial charge in [0.1, 0.15) is 11.6 Å². The number of carboxylic acid groups (broad SMARTS) is 1. The zero-order chi connectivity index (χ0) is 19.1. The third kappa shape index (κ3) is 10.3. The van der Waals surface area contributed by atoms with Gasteiger partial charge in [-0.1, -0.05) is 0 Å². The number of nitrogens with one attached hydrogen (secondary N) is 2. The molecule has 0 rings (SSSR count). The smallest absolute Gasteiger partial charge is 0.408 e. The minimum absolute atomic E-state index is 0.0163. The summed E-state index contributed by atoms with van der Waals surface area (Å²) in [6, 6.07) is -2.26. The molecule has 2 amide bonds. The lowest BCUT2D eigenvalue weighted by Gasteiger charge is -2.25. The van der Waals surface area contributed by atoms with Crippen LogP contribution in [-0.2, 0) is 19.1 Å². The van der Waals surface area contributed by atoms with Gasteiger partial charge in [0.05, 0.1) is 12.2 Å². The first-order valence-corrected chi connectivity index (χ1v) is 8.16. The molecule has 8 nitrogen and oxygen atoms in total. The Bertz CT molecular complexity index is 456. The third-order valence-electron chi connectivity index (χ3n) is 2.49. The van der Waals surface area contributed by atoms with E-state index in [2.05, 4.69) is 23.3 Å². The van der Waals surface area contributed by atoms with Crippen LogP contribution in [0.4, 0.5) is 4.79 Å². The first kappa shape index (κ1) is 22.5. The maximum Gasteiger partial charge on any atom is 0.408 e. The van der Waals surface area contributed by atoms with E-state index < -0.39 is 41.3 Å². The van der Waals surface area contributed by atoms with Crippen molar-refractivity contribution < 1.29 is 29.0 Å². The molecule has 0 radical (unpaired) electrons. The van der Waals surface area contributed by atoms with Crippen molar-refractivity contribution in [1.29, 1.82) is 0 Å². The Morgan fingerprint density at radius 2 is 1.54 bits per heavy atom. The lowest BCUT2D eigenvalue weighted by atomic mass is 10.2. The van der Waals surface area contributed by atoms with E-state index in [1.165, 1.54) is 0 Å². The molecule has 2 atom stereocenters. The fourth-order valence-electron chi connectivity index (χ4n) is 1.42. The van der Waals surface area contributed by atoms with Crippen LogP contribution in [0.2, 0.25) is 0 Å². The van der Waals surface area contributed by atoms with Gasteiger partial charge in [-0.25, -0.2) is 9.59 Å². The zero-order valence-electron chi connectivity index (χ0n) is 15.0. The molecule has 0 bridgehead atoms. The number of aliphatic carboxylic acids is 1. The largest absolute Gasteiger partial charge is 0.480 e. The summed E-state index contributed by atoms with van der Waals surface area (Å²) in [6.45, 7) is 10.2. The molecule has 0 saturated carbocycles. The summed E-state index contributed by atoms with van der Waals surface area (Å²) in [7, 11) is 0. The predicted molar refractivity (Wildman–Crippen MR) is 92.3 cm³/mol. The highest BCUT2D eigenvalue weighted by Crippen LogP contribution is 2.08. The molecule has 0 spiro atoms. The van der Waals surface area contributed by atoms with Crippen molar-refractivity contribution in [2.45, 2.75) is 64.8 Å². The van der Waals surface area contributed by atoms with Crippen molar-refractivity contribution in [3.05, 3.63) is 0 Å². The molecule has 0 aliphatic heterocycles. The molecular formula is C15H28N2O6S. The molecule has 0 saturated heterocycles. The number of carbonyl (C=O) groups excluding carboxylic acids is 2. The van der Waals surface area contributed by atoms with Gasteiger partial charge in [-0.2, -0.15) is 12.6 Å². The van der Waals surface area contributed by atoms with Crippen LogP contribution in [0.3, 0.4) is 0 Å². The second-order valence-electron chi connectivity index (χ2n) is 7.20. The highest BCUT2D eigenvalue weighted by molar-refractivity contribution is 7.80. The van der Waals surface area contributed by atoms with Gasteiger partial charge in [-0.05, 0) is 41.5 Å². The third-order valence-corrected chi connectivity index (χ3v) is 2.85. The molecule has 9 heteroatoms. The van der Waals surface area contributed by atoms with E-state index in [9.17, 15) is 19.5 Å². The number of ether oxygens (including phenoxy) is 2. The number of carbonyl (C=O) groups is 3. The number of alkyl carbamates (subject to hydrolysis) is 1. The molecule has 0 fully saturated rings. The molecule has 0 unspecified atom stereocenters. The minimum atomic E-state index is -1.24. The number of hydrogen-bond acceptors (Lipinski definition) is 6. The molecule has 0 heterocycles. The summed E-state index contributed by atoms with van der Waals surface area (Å²) in [6.07, 6.45) is -0.783. The maximum absolute atomic E-state index is 12.2. The van der Waals surface area contributed by atoms with Crippen molar-refractivity contribution in [3.63, 3.8) is 0 Å². The molecule has 140 valence electrons. The van der Waals surface area contributed by atoms with Gasteiger partial charge in [-0.3, -0.25) is 4.79 Å². The average Bonchev–Trinajstić information content (AvgIpc) is 2.36. The normalized spacial score (nSPS) is 14.5. The number of rotatable bonds is 7. The molecule has 24 heavy (non-hydrogen) atoms. The van der Waals surface area contributed by atoms with Gasteiger partial charge in [-0.15, -0.1) is 0 Å². The summed E-state index contributed by atoms with van der Waals surface area (Å²) in [5.41, 5.74) is -1.26. The fraction of sp³-hybridized carbons (Fsp3) is 0.800. The first-order chi connectivity index (χ1) is 10.7. The van der Waals surface area contributed by atoms with Gasteiger partial charge >= 0.3 is 12.1 Å². The van der Waals surface area contributed by atoms with Crippen LogP contribution in [-0.4, -0.2) is 58.7 Å². The van der Waals surface area contributed by atoms with E-state index in [1.54, 1.807) is 41.5 Å². The fourth-order valence-corrected chi connectivity index (χ4v) is 1.68. The van der Waals surface area contributed by atoms with E-state index in [4.69, 9.17) is 9.47 Å². The molecular weight excluding hydrogens is 336 g/mol. The Kier molecular flexibility index (Phi) is 8.56. The van der Waals surface area contributed by atoms with Crippen LogP contribution in [0.5, 0.6) is 0 Å².